The van der Waals surface area contributed by atoms with Gasteiger partial charge in [-0.2, -0.15) is 0 Å². The van der Waals surface area contributed by atoms with Crippen LogP contribution >= 0.6 is 0 Å². The zero-order valence-electron chi connectivity index (χ0n) is 12.6. The molecule has 2 saturated carbocycles. The fourth-order valence-electron chi connectivity index (χ4n) is 3.52. The number of rotatable bonds is 6. The SMILES string of the molecule is CCOC1CC(CC(N)c2cccc(C3CCC3)c2)C1. The average molecular weight is 273 g/mol. The maximum Gasteiger partial charge on any atom is 0.0580 e. The molecule has 1 aromatic carbocycles. The molecule has 0 saturated heterocycles. The van der Waals surface area contributed by atoms with Crippen LogP contribution in [0.4, 0.5) is 0 Å². The molecule has 110 valence electrons. The Balaban J connectivity index is 1.53. The third-order valence-corrected chi connectivity index (χ3v) is 5.10. The van der Waals surface area contributed by atoms with E-state index in [-0.39, 0.29) is 6.04 Å². The van der Waals surface area contributed by atoms with Crippen molar-refractivity contribution in [1.29, 1.82) is 0 Å². The van der Waals surface area contributed by atoms with Crippen molar-refractivity contribution in [3.05, 3.63) is 35.4 Å². The first-order valence-electron chi connectivity index (χ1n) is 8.23. The van der Waals surface area contributed by atoms with Crippen molar-refractivity contribution in [3.63, 3.8) is 0 Å². The van der Waals surface area contributed by atoms with Crippen molar-refractivity contribution in [2.75, 3.05) is 6.61 Å². The van der Waals surface area contributed by atoms with E-state index in [1.807, 2.05) is 0 Å². The van der Waals surface area contributed by atoms with Gasteiger partial charge in [0.05, 0.1) is 6.10 Å². The molecule has 2 nitrogen and oxygen atoms in total. The number of nitrogens with two attached hydrogens (primary N) is 1. The Morgan fingerprint density at radius 2 is 2.10 bits per heavy atom. The summed E-state index contributed by atoms with van der Waals surface area (Å²) in [5.74, 6) is 1.56. The molecule has 0 aromatic heterocycles. The Labute approximate surface area is 122 Å². The predicted octanol–water partition coefficient (Wildman–Crippen LogP) is 4.16. The third kappa shape index (κ3) is 3.07. The first-order valence-corrected chi connectivity index (χ1v) is 8.23. The van der Waals surface area contributed by atoms with Crippen LogP contribution in [0.1, 0.15) is 68.5 Å². The molecule has 0 radical (unpaired) electrons. The summed E-state index contributed by atoms with van der Waals surface area (Å²) in [6.45, 7) is 2.91. The van der Waals surface area contributed by atoms with E-state index in [1.54, 1.807) is 0 Å². The lowest BCUT2D eigenvalue weighted by atomic mass is 9.76. The van der Waals surface area contributed by atoms with Gasteiger partial charge in [0, 0.05) is 12.6 Å². The van der Waals surface area contributed by atoms with Crippen LogP contribution in [-0.4, -0.2) is 12.7 Å². The van der Waals surface area contributed by atoms with E-state index >= 15 is 0 Å². The highest BCUT2D eigenvalue weighted by molar-refractivity contribution is 5.29. The van der Waals surface area contributed by atoms with Crippen LogP contribution < -0.4 is 5.73 Å². The first-order chi connectivity index (χ1) is 9.76. The Morgan fingerprint density at radius 1 is 1.30 bits per heavy atom. The molecule has 0 aliphatic heterocycles. The van der Waals surface area contributed by atoms with E-state index in [9.17, 15) is 0 Å². The van der Waals surface area contributed by atoms with Gasteiger partial charge in [-0.15, -0.1) is 0 Å². The lowest BCUT2D eigenvalue weighted by Gasteiger charge is -2.36. The summed E-state index contributed by atoms with van der Waals surface area (Å²) >= 11 is 0. The van der Waals surface area contributed by atoms with E-state index in [2.05, 4.69) is 31.2 Å². The van der Waals surface area contributed by atoms with E-state index in [0.717, 1.165) is 24.9 Å². The molecule has 0 heterocycles. The van der Waals surface area contributed by atoms with E-state index < -0.39 is 0 Å². The highest BCUT2D eigenvalue weighted by atomic mass is 16.5. The van der Waals surface area contributed by atoms with E-state index in [0.29, 0.717) is 6.10 Å². The lowest BCUT2D eigenvalue weighted by Crippen LogP contribution is -2.33. The lowest BCUT2D eigenvalue weighted by molar-refractivity contribution is -0.0282. The Bertz CT molecular complexity index is 435. The number of hydrogen-bond acceptors (Lipinski definition) is 2. The standard InChI is InChI=1S/C18H27NO/c1-2-20-17-9-13(10-17)11-18(19)16-8-4-7-15(12-16)14-5-3-6-14/h4,7-8,12-14,17-18H,2-3,5-6,9-11,19H2,1H3. The monoisotopic (exact) mass is 273 g/mol. The number of ether oxygens (including phenoxy) is 1. The fraction of sp³-hybridized carbons (Fsp3) is 0.667. The minimum atomic E-state index is 0.197. The summed E-state index contributed by atoms with van der Waals surface area (Å²) < 4.78 is 5.63. The molecular weight excluding hydrogens is 246 g/mol. The van der Waals surface area contributed by atoms with Gasteiger partial charge < -0.3 is 10.5 Å². The molecule has 0 bridgehead atoms. The number of hydrogen-bond donors (Lipinski definition) is 1. The van der Waals surface area contributed by atoms with Crippen molar-refractivity contribution in [1.82, 2.24) is 0 Å². The molecule has 2 fully saturated rings. The minimum Gasteiger partial charge on any atom is -0.378 e. The van der Waals surface area contributed by atoms with Gasteiger partial charge in [-0.05, 0) is 62.0 Å². The van der Waals surface area contributed by atoms with Gasteiger partial charge in [0.2, 0.25) is 0 Å². The van der Waals surface area contributed by atoms with Gasteiger partial charge >= 0.3 is 0 Å². The molecule has 1 unspecified atom stereocenters. The molecular formula is C18H27NO. The summed E-state index contributed by atoms with van der Waals surface area (Å²) in [5, 5.41) is 0. The molecule has 1 aromatic rings. The summed E-state index contributed by atoms with van der Waals surface area (Å²) in [6.07, 6.45) is 8.11. The maximum absolute atomic E-state index is 6.41. The molecule has 2 aliphatic carbocycles. The van der Waals surface area contributed by atoms with Crippen LogP contribution in [0.2, 0.25) is 0 Å². The number of benzene rings is 1. The Kier molecular flexibility index (Phi) is 4.42. The van der Waals surface area contributed by atoms with E-state index in [4.69, 9.17) is 10.5 Å². The highest BCUT2D eigenvalue weighted by Gasteiger charge is 2.31. The van der Waals surface area contributed by atoms with Gasteiger partial charge in [0.25, 0.3) is 0 Å². The Morgan fingerprint density at radius 3 is 2.75 bits per heavy atom. The second kappa shape index (κ2) is 6.28. The molecule has 0 spiro atoms. The van der Waals surface area contributed by atoms with Crippen molar-refractivity contribution < 1.29 is 4.74 Å². The Hall–Kier alpha value is -0.860. The molecule has 2 aliphatic rings. The van der Waals surface area contributed by atoms with Crippen molar-refractivity contribution >= 4 is 0 Å². The fourth-order valence-corrected chi connectivity index (χ4v) is 3.52. The smallest absolute Gasteiger partial charge is 0.0580 e. The van der Waals surface area contributed by atoms with Gasteiger partial charge in [-0.3, -0.25) is 0 Å². The second-order valence-corrected chi connectivity index (χ2v) is 6.55. The molecule has 20 heavy (non-hydrogen) atoms. The van der Waals surface area contributed by atoms with Gasteiger partial charge in [-0.25, -0.2) is 0 Å². The van der Waals surface area contributed by atoms with Gasteiger partial charge in [0.1, 0.15) is 0 Å². The molecule has 3 rings (SSSR count). The van der Waals surface area contributed by atoms with Crippen LogP contribution in [0.15, 0.2) is 24.3 Å². The van der Waals surface area contributed by atoms with Crippen LogP contribution in [0, 0.1) is 5.92 Å². The zero-order chi connectivity index (χ0) is 13.9. The van der Waals surface area contributed by atoms with Crippen LogP contribution in [0.5, 0.6) is 0 Å². The van der Waals surface area contributed by atoms with Crippen LogP contribution in [-0.2, 0) is 4.74 Å². The van der Waals surface area contributed by atoms with Crippen molar-refractivity contribution in [3.8, 4) is 0 Å². The summed E-state index contributed by atoms with van der Waals surface area (Å²) in [5.41, 5.74) is 9.25. The molecule has 0 amide bonds. The topological polar surface area (TPSA) is 35.2 Å². The van der Waals surface area contributed by atoms with Gasteiger partial charge in [-0.1, -0.05) is 30.7 Å². The van der Waals surface area contributed by atoms with Crippen LogP contribution in [0.3, 0.4) is 0 Å². The van der Waals surface area contributed by atoms with Crippen molar-refractivity contribution in [2.24, 2.45) is 11.7 Å². The summed E-state index contributed by atoms with van der Waals surface area (Å²) in [4.78, 5) is 0. The maximum atomic E-state index is 6.41. The van der Waals surface area contributed by atoms with Gasteiger partial charge in [0.15, 0.2) is 0 Å². The molecule has 2 N–H and O–H groups in total. The highest BCUT2D eigenvalue weighted by Crippen LogP contribution is 2.39. The summed E-state index contributed by atoms with van der Waals surface area (Å²) in [7, 11) is 0. The quantitative estimate of drug-likeness (QED) is 0.844. The zero-order valence-corrected chi connectivity index (χ0v) is 12.6. The van der Waals surface area contributed by atoms with Crippen LogP contribution in [0.25, 0.3) is 0 Å². The van der Waals surface area contributed by atoms with Crippen molar-refractivity contribution in [2.45, 2.75) is 63.5 Å². The molecule has 1 atom stereocenters. The average Bonchev–Trinajstić information content (AvgIpc) is 2.34. The first kappa shape index (κ1) is 14.1. The summed E-state index contributed by atoms with van der Waals surface area (Å²) in [6, 6.07) is 9.21. The van der Waals surface area contributed by atoms with E-state index in [1.165, 1.54) is 43.2 Å². The third-order valence-electron chi connectivity index (χ3n) is 5.10. The minimum absolute atomic E-state index is 0.197. The predicted molar refractivity (Wildman–Crippen MR) is 82.7 cm³/mol. The largest absolute Gasteiger partial charge is 0.378 e. The normalized spacial score (nSPS) is 27.7. The molecule has 2 heteroatoms. The second-order valence-electron chi connectivity index (χ2n) is 6.55.